The molecule has 0 N–H and O–H groups in total. The molecular weight excluding hydrogens is 768 g/mol. The Morgan fingerprint density at radius 2 is 1.10 bits per heavy atom. The molecule has 1 aromatic heterocycles. The minimum absolute atomic E-state index is 0.00679. The molecule has 0 amide bonds. The van der Waals surface area contributed by atoms with Crippen LogP contribution in [0.2, 0.25) is 0 Å². The lowest BCUT2D eigenvalue weighted by Gasteiger charge is -2.43. The summed E-state index contributed by atoms with van der Waals surface area (Å²) in [6, 6.07) is 58.9. The van der Waals surface area contributed by atoms with Gasteiger partial charge in [-0.15, -0.1) is 11.3 Å². The van der Waals surface area contributed by atoms with Crippen molar-refractivity contribution in [2.75, 3.05) is 9.80 Å². The third-order valence-corrected chi connectivity index (χ3v) is 15.8. The van der Waals surface area contributed by atoms with Crippen molar-refractivity contribution in [1.82, 2.24) is 0 Å². The maximum Gasteiger partial charge on any atom is 0.264 e. The Labute approximate surface area is 371 Å². The Bertz CT molecular complexity index is 3100. The van der Waals surface area contributed by atoms with Crippen LogP contribution in [0.1, 0.15) is 104 Å². The Kier molecular flexibility index (Phi) is 8.02. The molecule has 0 saturated carbocycles. The molecule has 0 fully saturated rings. The fraction of sp³-hybridized carbons (Fsp3) is 0.207. The van der Waals surface area contributed by atoms with Gasteiger partial charge in [-0.25, -0.2) is 0 Å². The molecule has 0 bridgehead atoms. The van der Waals surface area contributed by atoms with Gasteiger partial charge in [0.05, 0.1) is 11.1 Å². The molecule has 62 heavy (non-hydrogen) atoms. The van der Waals surface area contributed by atoms with Gasteiger partial charge < -0.3 is 9.80 Å². The standard InChI is InChI=1S/C58H51BN2S/c1-34(2)37-21-26-40(27-22-37)60-49-20-14-13-19-48(49)59-53-50(60)31-36(5)32-51(53)61(41-28-23-38(24-29-41)35(3)4)54-52-44-30-25-39(57(6,7)8)33-47(44)58(55(52)62-56(54)59)45-17-11-9-15-42(45)43-16-10-12-18-46(43)58/h9-35H,1-8H3. The van der Waals surface area contributed by atoms with Crippen LogP contribution in [-0.4, -0.2) is 6.71 Å². The van der Waals surface area contributed by atoms with E-state index in [4.69, 9.17) is 0 Å². The second kappa shape index (κ2) is 13.2. The van der Waals surface area contributed by atoms with Crippen LogP contribution in [-0.2, 0) is 10.8 Å². The zero-order valence-corrected chi connectivity index (χ0v) is 37.8. The minimum Gasteiger partial charge on any atom is -0.311 e. The molecule has 12 rings (SSSR count). The summed E-state index contributed by atoms with van der Waals surface area (Å²) in [5, 5.41) is 0. The van der Waals surface area contributed by atoms with Gasteiger partial charge in [0.2, 0.25) is 0 Å². The summed E-state index contributed by atoms with van der Waals surface area (Å²) in [7, 11) is 0. The van der Waals surface area contributed by atoms with Gasteiger partial charge in [0.25, 0.3) is 6.71 Å². The van der Waals surface area contributed by atoms with E-state index >= 15 is 0 Å². The SMILES string of the molecule is Cc1cc2c3c(c1)N(c1ccc(C(C)C)cc1)c1c(sc4c1-c1ccc(C(C)(C)C)cc1C41c4ccccc4-c4ccccc41)B3c1ccccc1N2c1ccc(C(C)C)cc1. The summed E-state index contributed by atoms with van der Waals surface area (Å²) in [6.45, 7) is 18.5. The molecule has 302 valence electrons. The summed E-state index contributed by atoms with van der Waals surface area (Å²) in [5.74, 6) is 0.914. The number of aryl methyl sites for hydroxylation is 1. The van der Waals surface area contributed by atoms with Gasteiger partial charge in [-0.05, 0) is 133 Å². The van der Waals surface area contributed by atoms with E-state index in [-0.39, 0.29) is 12.1 Å². The average molecular weight is 819 g/mol. The number of nitrogens with zero attached hydrogens (tertiary/aromatic N) is 2. The van der Waals surface area contributed by atoms with E-state index in [0.29, 0.717) is 11.8 Å². The maximum absolute atomic E-state index is 2.66. The Morgan fingerprint density at radius 1 is 0.548 bits per heavy atom. The number of thiophene rings is 1. The van der Waals surface area contributed by atoms with E-state index in [1.165, 1.54) is 116 Å². The summed E-state index contributed by atoms with van der Waals surface area (Å²) < 4.78 is 1.43. The van der Waals surface area contributed by atoms with Gasteiger partial charge in [0.1, 0.15) is 0 Å². The topological polar surface area (TPSA) is 6.48 Å². The second-order valence-corrected chi connectivity index (χ2v) is 20.8. The highest BCUT2D eigenvalue weighted by Gasteiger charge is 2.57. The van der Waals surface area contributed by atoms with E-state index in [9.17, 15) is 0 Å². The Balaban J connectivity index is 1.22. The lowest BCUT2D eigenvalue weighted by atomic mass is 9.36. The van der Waals surface area contributed by atoms with Crippen LogP contribution in [0, 0.1) is 6.92 Å². The zero-order valence-electron chi connectivity index (χ0n) is 37.0. The molecular formula is C58H51BN2S. The molecule has 1 spiro atoms. The van der Waals surface area contributed by atoms with Gasteiger partial charge in [-0.3, -0.25) is 0 Å². The molecule has 7 aromatic carbocycles. The summed E-state index contributed by atoms with van der Waals surface area (Å²) in [5.41, 5.74) is 24.8. The van der Waals surface area contributed by atoms with Crippen LogP contribution >= 0.6 is 11.3 Å². The van der Waals surface area contributed by atoms with E-state index in [1.807, 2.05) is 0 Å². The summed E-state index contributed by atoms with van der Waals surface area (Å²) >= 11 is 2.07. The van der Waals surface area contributed by atoms with Crippen molar-refractivity contribution < 1.29 is 0 Å². The van der Waals surface area contributed by atoms with Crippen molar-refractivity contribution >= 4 is 67.9 Å². The third-order valence-electron chi connectivity index (χ3n) is 14.4. The first-order valence-corrected chi connectivity index (χ1v) is 23.3. The van der Waals surface area contributed by atoms with E-state index in [0.717, 1.165) is 0 Å². The van der Waals surface area contributed by atoms with E-state index in [2.05, 4.69) is 228 Å². The van der Waals surface area contributed by atoms with Crippen LogP contribution in [0.25, 0.3) is 22.3 Å². The predicted molar refractivity (Wildman–Crippen MR) is 266 cm³/mol. The lowest BCUT2D eigenvalue weighted by Crippen LogP contribution is -2.60. The second-order valence-electron chi connectivity index (χ2n) is 19.7. The highest BCUT2D eigenvalue weighted by Crippen LogP contribution is 2.67. The maximum atomic E-state index is 2.66. The first-order valence-electron chi connectivity index (χ1n) is 22.5. The van der Waals surface area contributed by atoms with Gasteiger partial charge in [0.15, 0.2) is 0 Å². The molecule has 2 aliphatic carbocycles. The number of hydrogen-bond acceptors (Lipinski definition) is 3. The number of rotatable bonds is 4. The van der Waals surface area contributed by atoms with Crippen LogP contribution in [0.15, 0.2) is 152 Å². The Hall–Kier alpha value is -6.10. The Morgan fingerprint density at radius 3 is 1.69 bits per heavy atom. The van der Waals surface area contributed by atoms with Crippen molar-refractivity contribution in [2.24, 2.45) is 0 Å². The highest BCUT2D eigenvalue weighted by molar-refractivity contribution is 7.30. The molecule has 2 nitrogen and oxygen atoms in total. The monoisotopic (exact) mass is 818 g/mol. The van der Waals surface area contributed by atoms with Crippen LogP contribution in [0.3, 0.4) is 0 Å². The summed E-state index contributed by atoms with van der Waals surface area (Å²) in [6.07, 6.45) is 0. The number of benzene rings is 7. The van der Waals surface area contributed by atoms with Crippen LogP contribution < -0.4 is 25.5 Å². The smallest absolute Gasteiger partial charge is 0.264 e. The number of hydrogen-bond donors (Lipinski definition) is 0. The molecule has 0 unspecified atom stereocenters. The molecule has 0 saturated heterocycles. The lowest BCUT2D eigenvalue weighted by molar-refractivity contribution is 0.588. The van der Waals surface area contributed by atoms with Crippen LogP contribution in [0.5, 0.6) is 0 Å². The molecule has 4 heteroatoms. The number of para-hydroxylation sites is 1. The fourth-order valence-electron chi connectivity index (χ4n) is 11.4. The van der Waals surface area contributed by atoms with Crippen LogP contribution in [0.4, 0.5) is 34.1 Å². The number of anilines is 6. The molecule has 2 aliphatic heterocycles. The molecule has 4 aliphatic rings. The number of fused-ring (bicyclic) bond motifs is 15. The zero-order chi connectivity index (χ0) is 42.4. The minimum atomic E-state index is -0.447. The largest absolute Gasteiger partial charge is 0.311 e. The first kappa shape index (κ1) is 37.6. The van der Waals surface area contributed by atoms with Crippen molar-refractivity contribution in [3.63, 3.8) is 0 Å². The van der Waals surface area contributed by atoms with E-state index < -0.39 is 5.41 Å². The molecule has 8 aromatic rings. The van der Waals surface area contributed by atoms with Gasteiger partial charge in [-0.2, -0.15) is 0 Å². The first-order chi connectivity index (χ1) is 30.0. The normalized spacial score (nSPS) is 14.8. The molecule has 3 heterocycles. The summed E-state index contributed by atoms with van der Waals surface area (Å²) in [4.78, 5) is 6.65. The third kappa shape index (κ3) is 4.99. The molecule has 0 radical (unpaired) electrons. The fourth-order valence-corrected chi connectivity index (χ4v) is 13.1. The van der Waals surface area contributed by atoms with Crippen molar-refractivity contribution in [3.05, 3.63) is 195 Å². The predicted octanol–water partition coefficient (Wildman–Crippen LogP) is 14.0. The van der Waals surface area contributed by atoms with Gasteiger partial charge in [-0.1, -0.05) is 158 Å². The van der Waals surface area contributed by atoms with Gasteiger partial charge in [0, 0.05) is 43.7 Å². The average Bonchev–Trinajstić information content (AvgIpc) is 3.90. The van der Waals surface area contributed by atoms with E-state index in [1.54, 1.807) is 0 Å². The highest BCUT2D eigenvalue weighted by atomic mass is 32.1. The molecule has 0 atom stereocenters. The van der Waals surface area contributed by atoms with Crippen molar-refractivity contribution in [1.29, 1.82) is 0 Å². The van der Waals surface area contributed by atoms with Gasteiger partial charge >= 0.3 is 0 Å². The van der Waals surface area contributed by atoms with Crippen molar-refractivity contribution in [3.8, 4) is 22.3 Å². The quantitative estimate of drug-likeness (QED) is 0.163. The van der Waals surface area contributed by atoms with Crippen molar-refractivity contribution in [2.45, 2.75) is 78.1 Å².